The van der Waals surface area contributed by atoms with Crippen LogP contribution in [0.2, 0.25) is 0 Å². The zero-order chi connectivity index (χ0) is 13.5. The fourth-order valence-electron chi connectivity index (χ4n) is 1.67. The molecule has 0 aliphatic carbocycles. The summed E-state index contributed by atoms with van der Waals surface area (Å²) in [5.74, 6) is 2.61. The Bertz CT molecular complexity index is 376. The van der Waals surface area contributed by atoms with Gasteiger partial charge in [-0.05, 0) is 24.3 Å². The summed E-state index contributed by atoms with van der Waals surface area (Å²) in [7, 11) is 1.41. The molecule has 1 atom stereocenters. The molecule has 1 aromatic rings. The van der Waals surface area contributed by atoms with E-state index in [0.717, 1.165) is 17.3 Å². The number of methoxy groups -OCH3 is 1. The summed E-state index contributed by atoms with van der Waals surface area (Å²) in [4.78, 5) is 11.6. The SMILES string of the molecule is COC(=O)[C@H](NCc1ccc(CSC)o1)C(C)C. The van der Waals surface area contributed by atoms with E-state index in [1.165, 1.54) is 7.11 Å². The fraction of sp³-hybridized carbons (Fsp3) is 0.615. The number of hydrogen-bond acceptors (Lipinski definition) is 5. The summed E-state index contributed by atoms with van der Waals surface area (Å²) in [6.07, 6.45) is 2.03. The van der Waals surface area contributed by atoms with Gasteiger partial charge in [-0.2, -0.15) is 11.8 Å². The first-order chi connectivity index (χ1) is 8.58. The van der Waals surface area contributed by atoms with Gasteiger partial charge in [0.05, 0.1) is 19.4 Å². The zero-order valence-corrected chi connectivity index (χ0v) is 12.2. The lowest BCUT2D eigenvalue weighted by Gasteiger charge is -2.19. The van der Waals surface area contributed by atoms with E-state index in [-0.39, 0.29) is 17.9 Å². The second-order valence-electron chi connectivity index (χ2n) is 4.43. The van der Waals surface area contributed by atoms with Crippen molar-refractivity contribution < 1.29 is 13.9 Å². The van der Waals surface area contributed by atoms with Gasteiger partial charge in [0.15, 0.2) is 0 Å². The van der Waals surface area contributed by atoms with Crippen molar-refractivity contribution in [1.29, 1.82) is 0 Å². The number of carbonyl (C=O) groups is 1. The Kier molecular flexibility index (Phi) is 6.29. The summed E-state index contributed by atoms with van der Waals surface area (Å²) in [6, 6.07) is 3.60. The highest BCUT2D eigenvalue weighted by molar-refractivity contribution is 7.97. The zero-order valence-electron chi connectivity index (χ0n) is 11.4. The van der Waals surface area contributed by atoms with E-state index < -0.39 is 0 Å². The lowest BCUT2D eigenvalue weighted by Crippen LogP contribution is -2.41. The van der Waals surface area contributed by atoms with Crippen molar-refractivity contribution in [3.63, 3.8) is 0 Å². The van der Waals surface area contributed by atoms with Crippen molar-refractivity contribution in [3.05, 3.63) is 23.7 Å². The molecule has 0 saturated heterocycles. The van der Waals surface area contributed by atoms with Crippen LogP contribution in [0, 0.1) is 5.92 Å². The van der Waals surface area contributed by atoms with E-state index in [0.29, 0.717) is 6.54 Å². The van der Waals surface area contributed by atoms with Gasteiger partial charge in [0.2, 0.25) is 0 Å². The minimum Gasteiger partial charge on any atom is -0.468 e. The molecule has 0 radical (unpaired) electrons. The summed E-state index contributed by atoms with van der Waals surface area (Å²) in [5.41, 5.74) is 0. The van der Waals surface area contributed by atoms with Gasteiger partial charge in [0.25, 0.3) is 0 Å². The van der Waals surface area contributed by atoms with Gasteiger partial charge >= 0.3 is 5.97 Å². The van der Waals surface area contributed by atoms with Gasteiger partial charge in [-0.3, -0.25) is 10.1 Å². The highest BCUT2D eigenvalue weighted by Crippen LogP contribution is 2.14. The number of ether oxygens (including phenoxy) is 1. The number of hydrogen-bond donors (Lipinski definition) is 1. The second-order valence-corrected chi connectivity index (χ2v) is 5.29. The van der Waals surface area contributed by atoms with Crippen LogP contribution in [0.1, 0.15) is 25.4 Å². The molecule has 0 fully saturated rings. The number of thioether (sulfide) groups is 1. The van der Waals surface area contributed by atoms with E-state index >= 15 is 0 Å². The number of carbonyl (C=O) groups excluding carboxylic acids is 1. The van der Waals surface area contributed by atoms with Crippen molar-refractivity contribution in [3.8, 4) is 0 Å². The Morgan fingerprint density at radius 3 is 2.67 bits per heavy atom. The molecule has 1 rings (SSSR count). The predicted octanol–water partition coefficient (Wildman–Crippen LogP) is 2.43. The Morgan fingerprint density at radius 2 is 2.11 bits per heavy atom. The van der Waals surface area contributed by atoms with Crippen molar-refractivity contribution in [2.24, 2.45) is 5.92 Å². The van der Waals surface area contributed by atoms with Crippen LogP contribution in [-0.4, -0.2) is 25.4 Å². The second kappa shape index (κ2) is 7.48. The van der Waals surface area contributed by atoms with Crippen LogP contribution < -0.4 is 5.32 Å². The third-order valence-corrected chi connectivity index (χ3v) is 3.20. The number of rotatable bonds is 7. The molecule has 1 heterocycles. The van der Waals surface area contributed by atoms with Crippen LogP contribution in [0.5, 0.6) is 0 Å². The Morgan fingerprint density at radius 1 is 1.44 bits per heavy atom. The quantitative estimate of drug-likeness (QED) is 0.772. The molecule has 0 spiro atoms. The average Bonchev–Trinajstić information content (AvgIpc) is 2.77. The highest BCUT2D eigenvalue weighted by Gasteiger charge is 2.22. The van der Waals surface area contributed by atoms with Crippen LogP contribution in [-0.2, 0) is 21.8 Å². The minimum atomic E-state index is -0.302. The third-order valence-electron chi connectivity index (χ3n) is 2.62. The van der Waals surface area contributed by atoms with Gasteiger partial charge in [-0.1, -0.05) is 13.8 Å². The molecule has 1 aromatic heterocycles. The molecule has 4 nitrogen and oxygen atoms in total. The number of esters is 1. The molecule has 0 aliphatic heterocycles. The topological polar surface area (TPSA) is 51.5 Å². The Balaban J connectivity index is 2.53. The lowest BCUT2D eigenvalue weighted by atomic mass is 10.0. The largest absolute Gasteiger partial charge is 0.468 e. The van der Waals surface area contributed by atoms with Gasteiger partial charge in [-0.15, -0.1) is 0 Å². The summed E-state index contributed by atoms with van der Waals surface area (Å²) >= 11 is 1.72. The third kappa shape index (κ3) is 4.38. The normalized spacial score (nSPS) is 12.7. The van der Waals surface area contributed by atoms with E-state index in [4.69, 9.17) is 9.15 Å². The van der Waals surface area contributed by atoms with Crippen LogP contribution in [0.4, 0.5) is 0 Å². The summed E-state index contributed by atoms with van der Waals surface area (Å²) < 4.78 is 10.4. The monoisotopic (exact) mass is 271 g/mol. The Labute approximate surface area is 112 Å². The van der Waals surface area contributed by atoms with Gasteiger partial charge in [0.1, 0.15) is 17.6 Å². The smallest absolute Gasteiger partial charge is 0.323 e. The molecule has 0 bridgehead atoms. The van der Waals surface area contributed by atoms with Crippen LogP contribution in [0.15, 0.2) is 16.5 Å². The Hall–Kier alpha value is -0.940. The molecule has 0 saturated carbocycles. The maximum Gasteiger partial charge on any atom is 0.323 e. The fourth-order valence-corrected chi connectivity index (χ4v) is 2.11. The van der Waals surface area contributed by atoms with E-state index in [1.54, 1.807) is 11.8 Å². The molecule has 0 aliphatic rings. The highest BCUT2D eigenvalue weighted by atomic mass is 32.2. The van der Waals surface area contributed by atoms with E-state index in [1.807, 2.05) is 32.2 Å². The standard InChI is InChI=1S/C13H21NO3S/c1-9(2)12(13(15)16-3)14-7-10-5-6-11(17-10)8-18-4/h5-6,9,12,14H,7-8H2,1-4H3/t12-/m1/s1. The molecule has 0 aromatic carbocycles. The molecule has 18 heavy (non-hydrogen) atoms. The molecule has 0 amide bonds. The van der Waals surface area contributed by atoms with Crippen molar-refractivity contribution in [2.45, 2.75) is 32.2 Å². The van der Waals surface area contributed by atoms with Crippen molar-refractivity contribution in [2.75, 3.05) is 13.4 Å². The molecule has 1 N–H and O–H groups in total. The maximum absolute atomic E-state index is 11.6. The molecular formula is C13H21NO3S. The number of furan rings is 1. The first kappa shape index (κ1) is 15.1. The minimum absolute atomic E-state index is 0.179. The lowest BCUT2D eigenvalue weighted by molar-refractivity contribution is -0.144. The van der Waals surface area contributed by atoms with E-state index in [9.17, 15) is 4.79 Å². The molecule has 102 valence electrons. The van der Waals surface area contributed by atoms with Gasteiger partial charge < -0.3 is 9.15 Å². The summed E-state index contributed by atoms with van der Waals surface area (Å²) in [5, 5.41) is 3.17. The van der Waals surface area contributed by atoms with Crippen LogP contribution >= 0.6 is 11.8 Å². The van der Waals surface area contributed by atoms with Crippen molar-refractivity contribution in [1.82, 2.24) is 5.32 Å². The molecule has 5 heteroatoms. The van der Waals surface area contributed by atoms with Crippen LogP contribution in [0.25, 0.3) is 0 Å². The summed E-state index contributed by atoms with van der Waals surface area (Å²) in [6.45, 7) is 4.50. The number of nitrogens with one attached hydrogen (secondary N) is 1. The van der Waals surface area contributed by atoms with Gasteiger partial charge in [-0.25, -0.2) is 0 Å². The van der Waals surface area contributed by atoms with Crippen molar-refractivity contribution >= 4 is 17.7 Å². The predicted molar refractivity (Wildman–Crippen MR) is 73.4 cm³/mol. The average molecular weight is 271 g/mol. The molecular weight excluding hydrogens is 250 g/mol. The first-order valence-electron chi connectivity index (χ1n) is 5.96. The maximum atomic E-state index is 11.6. The molecule has 0 unspecified atom stereocenters. The first-order valence-corrected chi connectivity index (χ1v) is 7.35. The van der Waals surface area contributed by atoms with Gasteiger partial charge in [0, 0.05) is 0 Å². The van der Waals surface area contributed by atoms with Crippen LogP contribution in [0.3, 0.4) is 0 Å². The van der Waals surface area contributed by atoms with E-state index in [2.05, 4.69) is 5.32 Å².